The molecule has 0 spiro atoms. The molecule has 6 heteroatoms. The number of aliphatic imine (C=N–C) groups is 1. The highest BCUT2D eigenvalue weighted by atomic mass is 19.2. The molecule has 1 heterocycles. The fourth-order valence-corrected chi connectivity index (χ4v) is 2.03. The Hall–Kier alpha value is -3.02. The molecule has 0 radical (unpaired) electrons. The first-order valence-electron chi connectivity index (χ1n) is 6.69. The highest BCUT2D eigenvalue weighted by Crippen LogP contribution is 2.21. The van der Waals surface area contributed by atoms with Crippen LogP contribution in [-0.2, 0) is 9.53 Å². The lowest BCUT2D eigenvalue weighted by molar-refractivity contribution is -0.129. The molecular weight excluding hydrogens is 304 g/mol. The van der Waals surface area contributed by atoms with Gasteiger partial charge in [-0.15, -0.1) is 0 Å². The molecule has 0 saturated heterocycles. The topological polar surface area (TPSA) is 47.9 Å². The first-order chi connectivity index (χ1) is 11.1. The lowest BCUT2D eigenvalue weighted by atomic mass is 10.2. The number of carbonyl (C=O) groups excluding carboxylic acids is 1. The van der Waals surface area contributed by atoms with Crippen molar-refractivity contribution in [2.75, 3.05) is 7.11 Å². The number of ether oxygens (including phenoxy) is 2. The van der Waals surface area contributed by atoms with Gasteiger partial charge in [-0.1, -0.05) is 6.07 Å². The SMILES string of the molecule is COc1ccc(C2=N/C(=C/c3ccc(F)c(F)c3)C(=O)O2)cc1. The summed E-state index contributed by atoms with van der Waals surface area (Å²) in [4.78, 5) is 15.9. The molecule has 0 unspecified atom stereocenters. The summed E-state index contributed by atoms with van der Waals surface area (Å²) in [6.45, 7) is 0. The number of cyclic esters (lactones) is 1. The summed E-state index contributed by atoms with van der Waals surface area (Å²) >= 11 is 0. The summed E-state index contributed by atoms with van der Waals surface area (Å²) in [5.41, 5.74) is 0.935. The zero-order valence-corrected chi connectivity index (χ0v) is 12.0. The van der Waals surface area contributed by atoms with E-state index in [2.05, 4.69) is 4.99 Å². The van der Waals surface area contributed by atoms with Gasteiger partial charge >= 0.3 is 5.97 Å². The van der Waals surface area contributed by atoms with Crippen molar-refractivity contribution in [3.63, 3.8) is 0 Å². The van der Waals surface area contributed by atoms with E-state index in [4.69, 9.17) is 9.47 Å². The van der Waals surface area contributed by atoms with Crippen molar-refractivity contribution >= 4 is 17.9 Å². The predicted octanol–water partition coefficient (Wildman–Crippen LogP) is 3.32. The summed E-state index contributed by atoms with van der Waals surface area (Å²) in [6.07, 6.45) is 1.33. The molecule has 0 amide bonds. The Morgan fingerprint density at radius 2 is 1.83 bits per heavy atom. The third-order valence-electron chi connectivity index (χ3n) is 3.20. The zero-order valence-electron chi connectivity index (χ0n) is 12.0. The molecule has 0 saturated carbocycles. The maximum Gasteiger partial charge on any atom is 0.363 e. The zero-order chi connectivity index (χ0) is 16.4. The van der Waals surface area contributed by atoms with Crippen LogP contribution in [0.15, 0.2) is 53.2 Å². The fourth-order valence-electron chi connectivity index (χ4n) is 2.03. The lowest BCUT2D eigenvalue weighted by Crippen LogP contribution is -2.05. The standard InChI is InChI=1S/C17H11F2NO3/c1-22-12-5-3-11(4-6-12)16-20-15(17(21)23-16)9-10-2-7-13(18)14(19)8-10/h2-9H,1H3/b15-9+. The number of methoxy groups -OCH3 is 1. The molecule has 3 rings (SSSR count). The van der Waals surface area contributed by atoms with E-state index in [0.717, 1.165) is 12.1 Å². The highest BCUT2D eigenvalue weighted by molar-refractivity contribution is 6.12. The number of benzene rings is 2. The van der Waals surface area contributed by atoms with E-state index in [1.54, 1.807) is 31.4 Å². The predicted molar refractivity (Wildman–Crippen MR) is 80.0 cm³/mol. The Balaban J connectivity index is 1.90. The first kappa shape index (κ1) is 14.9. The lowest BCUT2D eigenvalue weighted by Gasteiger charge is -2.01. The van der Waals surface area contributed by atoms with Gasteiger partial charge in [0.2, 0.25) is 5.90 Å². The third kappa shape index (κ3) is 3.11. The Morgan fingerprint density at radius 3 is 2.48 bits per heavy atom. The van der Waals surface area contributed by atoms with Gasteiger partial charge in [0.15, 0.2) is 17.3 Å². The minimum Gasteiger partial charge on any atom is -0.497 e. The van der Waals surface area contributed by atoms with E-state index < -0.39 is 17.6 Å². The highest BCUT2D eigenvalue weighted by Gasteiger charge is 2.24. The number of carbonyl (C=O) groups is 1. The van der Waals surface area contributed by atoms with E-state index >= 15 is 0 Å². The average Bonchev–Trinajstić information content (AvgIpc) is 2.92. The van der Waals surface area contributed by atoms with Gasteiger partial charge in [-0.3, -0.25) is 0 Å². The molecule has 2 aromatic rings. The summed E-state index contributed by atoms with van der Waals surface area (Å²) < 4.78 is 36.2. The van der Waals surface area contributed by atoms with Gasteiger partial charge in [0.1, 0.15) is 5.75 Å². The quantitative estimate of drug-likeness (QED) is 0.645. The van der Waals surface area contributed by atoms with Crippen LogP contribution in [0.5, 0.6) is 5.75 Å². The van der Waals surface area contributed by atoms with Crippen molar-refractivity contribution < 1.29 is 23.0 Å². The van der Waals surface area contributed by atoms with Crippen LogP contribution in [0, 0.1) is 11.6 Å². The van der Waals surface area contributed by atoms with E-state index in [-0.39, 0.29) is 11.6 Å². The van der Waals surface area contributed by atoms with Crippen LogP contribution >= 0.6 is 0 Å². The van der Waals surface area contributed by atoms with Crippen molar-refractivity contribution in [3.05, 3.63) is 70.9 Å². The van der Waals surface area contributed by atoms with Crippen molar-refractivity contribution in [1.29, 1.82) is 0 Å². The van der Waals surface area contributed by atoms with E-state index in [1.807, 2.05) is 0 Å². The number of hydrogen-bond donors (Lipinski definition) is 0. The summed E-state index contributed by atoms with van der Waals surface area (Å²) in [7, 11) is 1.55. The summed E-state index contributed by atoms with van der Waals surface area (Å²) in [5, 5.41) is 0. The summed E-state index contributed by atoms with van der Waals surface area (Å²) in [5.74, 6) is -1.79. The van der Waals surface area contributed by atoms with Crippen LogP contribution in [0.3, 0.4) is 0 Å². The van der Waals surface area contributed by atoms with Crippen LogP contribution in [0.25, 0.3) is 6.08 Å². The third-order valence-corrected chi connectivity index (χ3v) is 3.20. The van der Waals surface area contributed by atoms with Gasteiger partial charge in [-0.05, 0) is 48.0 Å². The Morgan fingerprint density at radius 1 is 1.09 bits per heavy atom. The van der Waals surface area contributed by atoms with Gasteiger partial charge in [-0.25, -0.2) is 18.6 Å². The first-order valence-corrected chi connectivity index (χ1v) is 6.69. The van der Waals surface area contributed by atoms with Gasteiger partial charge in [0.25, 0.3) is 0 Å². The van der Waals surface area contributed by atoms with Crippen molar-refractivity contribution in [3.8, 4) is 5.75 Å². The molecule has 0 aliphatic carbocycles. The van der Waals surface area contributed by atoms with Crippen LogP contribution in [0.4, 0.5) is 8.78 Å². The van der Waals surface area contributed by atoms with Crippen molar-refractivity contribution in [2.45, 2.75) is 0 Å². The number of halogens is 2. The van der Waals surface area contributed by atoms with Crippen LogP contribution in [-0.4, -0.2) is 19.0 Å². The average molecular weight is 315 g/mol. The second-order valence-corrected chi connectivity index (χ2v) is 4.74. The van der Waals surface area contributed by atoms with Crippen molar-refractivity contribution in [2.24, 2.45) is 4.99 Å². The maximum atomic E-state index is 13.2. The van der Waals surface area contributed by atoms with Gasteiger partial charge < -0.3 is 9.47 Å². The van der Waals surface area contributed by atoms with Gasteiger partial charge in [0.05, 0.1) is 7.11 Å². The van der Waals surface area contributed by atoms with E-state index in [0.29, 0.717) is 16.9 Å². The number of hydrogen-bond acceptors (Lipinski definition) is 4. The molecule has 1 aliphatic heterocycles. The van der Waals surface area contributed by atoms with Crippen LogP contribution in [0.2, 0.25) is 0 Å². The smallest absolute Gasteiger partial charge is 0.363 e. The number of esters is 1. The van der Waals surface area contributed by atoms with Crippen LogP contribution < -0.4 is 4.74 Å². The van der Waals surface area contributed by atoms with Gasteiger partial charge in [-0.2, -0.15) is 0 Å². The van der Waals surface area contributed by atoms with Crippen LogP contribution in [0.1, 0.15) is 11.1 Å². The largest absolute Gasteiger partial charge is 0.497 e. The molecule has 1 aliphatic rings. The minimum atomic E-state index is -0.995. The number of nitrogens with zero attached hydrogens (tertiary/aromatic N) is 1. The molecule has 4 nitrogen and oxygen atoms in total. The monoisotopic (exact) mass is 315 g/mol. The molecule has 23 heavy (non-hydrogen) atoms. The second kappa shape index (κ2) is 6.00. The summed E-state index contributed by atoms with van der Waals surface area (Å²) in [6, 6.07) is 10.1. The Bertz CT molecular complexity index is 826. The molecule has 0 atom stereocenters. The Kier molecular flexibility index (Phi) is 3.89. The molecule has 116 valence electrons. The molecule has 0 aromatic heterocycles. The van der Waals surface area contributed by atoms with E-state index in [9.17, 15) is 13.6 Å². The molecule has 0 bridgehead atoms. The Labute approximate surface area is 130 Å². The minimum absolute atomic E-state index is 0.0156. The second-order valence-electron chi connectivity index (χ2n) is 4.74. The van der Waals surface area contributed by atoms with Gasteiger partial charge in [0, 0.05) is 5.56 Å². The maximum absolute atomic E-state index is 13.2. The van der Waals surface area contributed by atoms with Crippen molar-refractivity contribution in [1.82, 2.24) is 0 Å². The van der Waals surface area contributed by atoms with E-state index in [1.165, 1.54) is 12.1 Å². The fraction of sp³-hybridized carbons (Fsp3) is 0.0588. The molecule has 0 N–H and O–H groups in total. The molecular formula is C17H11F2NO3. The molecule has 0 fully saturated rings. The normalized spacial score (nSPS) is 15.5. The number of rotatable bonds is 3. The molecule has 2 aromatic carbocycles.